The first-order chi connectivity index (χ1) is 11.4. The summed E-state index contributed by atoms with van der Waals surface area (Å²) in [5.41, 5.74) is 0.662. The first kappa shape index (κ1) is 17.8. The molecule has 0 atom stereocenters. The summed E-state index contributed by atoms with van der Waals surface area (Å²) in [6, 6.07) is 6.89. The highest BCUT2D eigenvalue weighted by Gasteiger charge is 2.29. The zero-order chi connectivity index (χ0) is 17.3. The largest absolute Gasteiger partial charge is 0.296 e. The standard InChI is InChI=1S/C15H15ClF2N2O2S2/c16-14-3-4-15(23-14)24(21,22)20-7-5-19(6-8-20)10-11-1-2-12(17)13(18)9-11/h1-4,9H,5-8,10H2. The lowest BCUT2D eigenvalue weighted by molar-refractivity contribution is 0.181. The predicted octanol–water partition coefficient (Wildman–Crippen LogP) is 3.19. The van der Waals surface area contributed by atoms with E-state index in [-0.39, 0.29) is 4.21 Å². The molecule has 0 N–H and O–H groups in total. The van der Waals surface area contributed by atoms with Crippen molar-refractivity contribution in [1.82, 2.24) is 9.21 Å². The van der Waals surface area contributed by atoms with Crippen LogP contribution in [0.15, 0.2) is 34.5 Å². The minimum atomic E-state index is -3.52. The number of hydrogen-bond acceptors (Lipinski definition) is 4. The topological polar surface area (TPSA) is 40.6 Å². The fourth-order valence-corrected chi connectivity index (χ4v) is 5.65. The molecule has 0 bridgehead atoms. The van der Waals surface area contributed by atoms with Crippen molar-refractivity contribution in [3.05, 3.63) is 51.9 Å². The maximum Gasteiger partial charge on any atom is 0.252 e. The lowest BCUT2D eigenvalue weighted by Crippen LogP contribution is -2.48. The predicted molar refractivity (Wildman–Crippen MR) is 89.7 cm³/mol. The van der Waals surface area contributed by atoms with Crippen LogP contribution in [0.1, 0.15) is 5.56 Å². The summed E-state index contributed by atoms with van der Waals surface area (Å²) in [6.07, 6.45) is 0. The van der Waals surface area contributed by atoms with Gasteiger partial charge in [-0.1, -0.05) is 17.7 Å². The van der Waals surface area contributed by atoms with E-state index >= 15 is 0 Å². The first-order valence-electron chi connectivity index (χ1n) is 7.28. The maximum absolute atomic E-state index is 13.3. The highest BCUT2D eigenvalue weighted by molar-refractivity contribution is 7.91. The first-order valence-corrected chi connectivity index (χ1v) is 9.91. The van der Waals surface area contributed by atoms with Crippen molar-refractivity contribution in [3.8, 4) is 0 Å². The Balaban J connectivity index is 1.62. The molecule has 4 nitrogen and oxygen atoms in total. The Hall–Kier alpha value is -1.06. The molecule has 1 aromatic heterocycles. The molecule has 130 valence electrons. The molecule has 24 heavy (non-hydrogen) atoms. The Bertz CT molecular complexity index is 834. The van der Waals surface area contributed by atoms with Gasteiger partial charge in [0.1, 0.15) is 4.21 Å². The summed E-state index contributed by atoms with van der Waals surface area (Å²) in [6.45, 7) is 2.20. The van der Waals surface area contributed by atoms with Gasteiger partial charge in [0, 0.05) is 32.7 Å². The molecule has 1 aliphatic heterocycles. The van der Waals surface area contributed by atoms with Gasteiger partial charge in [-0.25, -0.2) is 17.2 Å². The summed E-state index contributed by atoms with van der Waals surface area (Å²) in [5, 5.41) is 0. The molecule has 2 aromatic rings. The smallest absolute Gasteiger partial charge is 0.252 e. The van der Waals surface area contributed by atoms with Crippen LogP contribution >= 0.6 is 22.9 Å². The van der Waals surface area contributed by atoms with Crippen molar-refractivity contribution in [1.29, 1.82) is 0 Å². The number of sulfonamides is 1. The van der Waals surface area contributed by atoms with E-state index in [1.807, 2.05) is 4.90 Å². The molecule has 0 saturated carbocycles. The molecule has 0 aliphatic carbocycles. The van der Waals surface area contributed by atoms with Gasteiger partial charge >= 0.3 is 0 Å². The molecule has 1 saturated heterocycles. The van der Waals surface area contributed by atoms with Crippen molar-refractivity contribution in [2.24, 2.45) is 0 Å². The van der Waals surface area contributed by atoms with Gasteiger partial charge in [0.05, 0.1) is 4.34 Å². The average Bonchev–Trinajstić information content (AvgIpc) is 2.99. The van der Waals surface area contributed by atoms with E-state index in [0.717, 1.165) is 17.4 Å². The van der Waals surface area contributed by atoms with E-state index in [4.69, 9.17) is 11.6 Å². The Morgan fingerprint density at radius 3 is 2.33 bits per heavy atom. The second-order valence-electron chi connectivity index (χ2n) is 5.49. The van der Waals surface area contributed by atoms with Crippen LogP contribution in [0.2, 0.25) is 4.34 Å². The van der Waals surface area contributed by atoms with Crippen LogP contribution in [-0.2, 0) is 16.6 Å². The molecule has 1 fully saturated rings. The van der Waals surface area contributed by atoms with Crippen molar-refractivity contribution in [3.63, 3.8) is 0 Å². The van der Waals surface area contributed by atoms with Gasteiger partial charge in [-0.3, -0.25) is 4.90 Å². The van der Waals surface area contributed by atoms with Gasteiger partial charge in [-0.2, -0.15) is 4.31 Å². The van der Waals surface area contributed by atoms with Gasteiger partial charge in [0.25, 0.3) is 10.0 Å². The molecule has 1 aliphatic rings. The molecular weight excluding hydrogens is 378 g/mol. The average molecular weight is 393 g/mol. The summed E-state index contributed by atoms with van der Waals surface area (Å²) in [7, 11) is -3.52. The van der Waals surface area contributed by atoms with Crippen molar-refractivity contribution < 1.29 is 17.2 Å². The van der Waals surface area contributed by atoms with E-state index < -0.39 is 21.7 Å². The third kappa shape index (κ3) is 3.78. The fraction of sp³-hybridized carbons (Fsp3) is 0.333. The summed E-state index contributed by atoms with van der Waals surface area (Å²) in [4.78, 5) is 2.01. The number of rotatable bonds is 4. The molecule has 1 aromatic carbocycles. The lowest BCUT2D eigenvalue weighted by Gasteiger charge is -2.33. The summed E-state index contributed by atoms with van der Waals surface area (Å²) in [5.74, 6) is -1.74. The quantitative estimate of drug-likeness (QED) is 0.802. The fourth-order valence-electron chi connectivity index (χ4n) is 2.59. The van der Waals surface area contributed by atoms with Gasteiger partial charge in [-0.15, -0.1) is 11.3 Å². The molecule has 0 radical (unpaired) electrons. The van der Waals surface area contributed by atoms with Gasteiger partial charge in [0.15, 0.2) is 11.6 Å². The van der Waals surface area contributed by atoms with E-state index in [9.17, 15) is 17.2 Å². The van der Waals surface area contributed by atoms with E-state index in [2.05, 4.69) is 0 Å². The number of thiophene rings is 1. The van der Waals surface area contributed by atoms with Crippen LogP contribution < -0.4 is 0 Å². The Labute approximate surface area is 148 Å². The van der Waals surface area contributed by atoms with Crippen LogP contribution in [-0.4, -0.2) is 43.8 Å². The SMILES string of the molecule is O=S(=O)(c1ccc(Cl)s1)N1CCN(Cc2ccc(F)c(F)c2)CC1. The number of hydrogen-bond donors (Lipinski definition) is 0. The molecule has 0 spiro atoms. The Kier molecular flexibility index (Phi) is 5.22. The number of piperazine rings is 1. The van der Waals surface area contributed by atoms with Crippen molar-refractivity contribution in [2.75, 3.05) is 26.2 Å². The van der Waals surface area contributed by atoms with Crippen LogP contribution in [0, 0.1) is 11.6 Å². The van der Waals surface area contributed by atoms with Crippen LogP contribution in [0.3, 0.4) is 0 Å². The third-order valence-electron chi connectivity index (χ3n) is 3.86. The van der Waals surface area contributed by atoms with Crippen LogP contribution in [0.25, 0.3) is 0 Å². The Morgan fingerprint density at radius 1 is 1.04 bits per heavy atom. The third-order valence-corrected chi connectivity index (χ3v) is 7.46. The second-order valence-corrected chi connectivity index (χ2v) is 9.37. The minimum absolute atomic E-state index is 0.238. The second kappa shape index (κ2) is 7.05. The van der Waals surface area contributed by atoms with Gasteiger partial charge in [-0.05, 0) is 29.8 Å². The number of halogens is 3. The van der Waals surface area contributed by atoms with Gasteiger partial charge in [0.2, 0.25) is 0 Å². The zero-order valence-corrected chi connectivity index (χ0v) is 15.0. The molecular formula is C15H15ClF2N2O2S2. The highest BCUT2D eigenvalue weighted by atomic mass is 35.5. The maximum atomic E-state index is 13.3. The lowest BCUT2D eigenvalue weighted by atomic mass is 10.2. The van der Waals surface area contributed by atoms with Gasteiger partial charge < -0.3 is 0 Å². The Morgan fingerprint density at radius 2 is 1.75 bits per heavy atom. The van der Waals surface area contributed by atoms with E-state index in [1.165, 1.54) is 22.5 Å². The van der Waals surface area contributed by atoms with Crippen molar-refractivity contribution >= 4 is 33.0 Å². The molecule has 3 rings (SSSR count). The molecule has 0 amide bonds. The van der Waals surface area contributed by atoms with Crippen LogP contribution in [0.4, 0.5) is 8.78 Å². The number of benzene rings is 1. The normalized spacial score (nSPS) is 17.3. The summed E-state index contributed by atoms with van der Waals surface area (Å²) >= 11 is 6.85. The summed E-state index contributed by atoms with van der Waals surface area (Å²) < 4.78 is 53.3. The monoisotopic (exact) mass is 392 g/mol. The van der Waals surface area contributed by atoms with E-state index in [1.54, 1.807) is 6.07 Å². The molecule has 9 heteroatoms. The number of nitrogens with zero attached hydrogens (tertiary/aromatic N) is 2. The molecule has 2 heterocycles. The van der Waals surface area contributed by atoms with Crippen molar-refractivity contribution in [2.45, 2.75) is 10.8 Å². The van der Waals surface area contributed by atoms with Crippen LogP contribution in [0.5, 0.6) is 0 Å². The van der Waals surface area contributed by atoms with E-state index in [0.29, 0.717) is 42.6 Å². The highest BCUT2D eigenvalue weighted by Crippen LogP contribution is 2.28. The molecule has 0 unspecified atom stereocenters. The minimum Gasteiger partial charge on any atom is -0.296 e. The zero-order valence-electron chi connectivity index (χ0n) is 12.6.